The molecule has 0 aliphatic heterocycles. The number of nitrogens with zero attached hydrogens (tertiary/aromatic N) is 2. The SMILES string of the molecule is Cc1cccn2c(C3CCCCC3)nc(N)c12. The third-order valence-corrected chi connectivity index (χ3v) is 3.89. The lowest BCUT2D eigenvalue weighted by molar-refractivity contribution is 0.428. The van der Waals surface area contributed by atoms with Crippen LogP contribution in [0.2, 0.25) is 0 Å². The third-order valence-electron chi connectivity index (χ3n) is 3.89. The lowest BCUT2D eigenvalue weighted by Crippen LogP contribution is -2.08. The highest BCUT2D eigenvalue weighted by atomic mass is 15.1. The van der Waals surface area contributed by atoms with Crippen LogP contribution in [0, 0.1) is 6.92 Å². The fourth-order valence-corrected chi connectivity index (χ4v) is 3.01. The molecule has 0 atom stereocenters. The maximum Gasteiger partial charge on any atom is 0.150 e. The zero-order valence-corrected chi connectivity index (χ0v) is 10.3. The second kappa shape index (κ2) is 4.06. The zero-order chi connectivity index (χ0) is 11.8. The van der Waals surface area contributed by atoms with Crippen LogP contribution in [-0.4, -0.2) is 9.38 Å². The third kappa shape index (κ3) is 1.70. The van der Waals surface area contributed by atoms with Crippen molar-refractivity contribution in [3.05, 3.63) is 29.7 Å². The van der Waals surface area contributed by atoms with Crippen LogP contribution in [0.25, 0.3) is 5.52 Å². The first-order valence-electron chi connectivity index (χ1n) is 6.50. The summed E-state index contributed by atoms with van der Waals surface area (Å²) in [5.74, 6) is 2.44. The maximum absolute atomic E-state index is 6.05. The molecule has 1 aliphatic carbocycles. The van der Waals surface area contributed by atoms with Crippen LogP contribution in [0.3, 0.4) is 0 Å². The smallest absolute Gasteiger partial charge is 0.150 e. The number of pyridine rings is 1. The van der Waals surface area contributed by atoms with Gasteiger partial charge in [0, 0.05) is 12.1 Å². The van der Waals surface area contributed by atoms with Gasteiger partial charge < -0.3 is 10.1 Å². The van der Waals surface area contributed by atoms with Gasteiger partial charge in [-0.05, 0) is 31.4 Å². The minimum atomic E-state index is 0.593. The number of imidazole rings is 1. The second-order valence-corrected chi connectivity index (χ2v) is 5.10. The van der Waals surface area contributed by atoms with Crippen molar-refractivity contribution in [1.29, 1.82) is 0 Å². The Hall–Kier alpha value is -1.51. The molecular weight excluding hydrogens is 210 g/mol. The number of hydrogen-bond donors (Lipinski definition) is 1. The molecule has 2 N–H and O–H groups in total. The molecule has 0 aromatic carbocycles. The highest BCUT2D eigenvalue weighted by molar-refractivity contribution is 5.71. The summed E-state index contributed by atoms with van der Waals surface area (Å²) in [6.07, 6.45) is 8.62. The summed E-state index contributed by atoms with van der Waals surface area (Å²) >= 11 is 0. The van der Waals surface area contributed by atoms with E-state index >= 15 is 0 Å². The first kappa shape index (κ1) is 10.6. The van der Waals surface area contributed by atoms with E-state index in [0.29, 0.717) is 11.7 Å². The molecule has 3 heteroatoms. The normalized spacial score (nSPS) is 17.7. The van der Waals surface area contributed by atoms with Gasteiger partial charge in [-0.15, -0.1) is 0 Å². The van der Waals surface area contributed by atoms with E-state index in [1.165, 1.54) is 43.5 Å². The number of hydrogen-bond acceptors (Lipinski definition) is 2. The van der Waals surface area contributed by atoms with Crippen molar-refractivity contribution in [2.24, 2.45) is 0 Å². The standard InChI is InChI=1S/C14H19N3/c1-10-6-5-9-17-12(10)13(15)16-14(17)11-7-3-2-4-8-11/h5-6,9,11H,2-4,7-8,15H2,1H3. The Labute approximate surface area is 102 Å². The molecule has 2 heterocycles. The Bertz CT molecular complexity index is 536. The molecule has 0 bridgehead atoms. The molecule has 0 spiro atoms. The van der Waals surface area contributed by atoms with Gasteiger partial charge in [-0.25, -0.2) is 4.98 Å². The number of aromatic nitrogens is 2. The summed E-state index contributed by atoms with van der Waals surface area (Å²) in [6.45, 7) is 2.10. The fourth-order valence-electron chi connectivity index (χ4n) is 3.01. The molecule has 17 heavy (non-hydrogen) atoms. The molecule has 2 aromatic heterocycles. The van der Waals surface area contributed by atoms with E-state index in [1.54, 1.807) is 0 Å². The quantitative estimate of drug-likeness (QED) is 0.815. The van der Waals surface area contributed by atoms with Crippen molar-refractivity contribution < 1.29 is 0 Å². The Morgan fingerprint density at radius 1 is 1.29 bits per heavy atom. The van der Waals surface area contributed by atoms with E-state index in [0.717, 1.165) is 5.52 Å². The minimum absolute atomic E-state index is 0.593. The van der Waals surface area contributed by atoms with Crippen LogP contribution in [0.5, 0.6) is 0 Å². The Morgan fingerprint density at radius 2 is 2.06 bits per heavy atom. The minimum Gasteiger partial charge on any atom is -0.382 e. The molecule has 3 rings (SSSR count). The van der Waals surface area contributed by atoms with Crippen molar-refractivity contribution in [2.75, 3.05) is 5.73 Å². The van der Waals surface area contributed by atoms with Gasteiger partial charge in [-0.2, -0.15) is 0 Å². The maximum atomic E-state index is 6.05. The summed E-state index contributed by atoms with van der Waals surface area (Å²) in [5.41, 5.74) is 8.35. The fraction of sp³-hybridized carbons (Fsp3) is 0.500. The first-order valence-corrected chi connectivity index (χ1v) is 6.50. The molecular formula is C14H19N3. The predicted octanol–water partition coefficient (Wildman–Crippen LogP) is 3.27. The predicted molar refractivity (Wildman–Crippen MR) is 70.2 cm³/mol. The number of anilines is 1. The van der Waals surface area contributed by atoms with Crippen LogP contribution >= 0.6 is 0 Å². The zero-order valence-electron chi connectivity index (χ0n) is 10.3. The summed E-state index contributed by atoms with van der Waals surface area (Å²) in [7, 11) is 0. The molecule has 2 aromatic rings. The van der Waals surface area contributed by atoms with E-state index in [9.17, 15) is 0 Å². The molecule has 0 unspecified atom stereocenters. The van der Waals surface area contributed by atoms with E-state index in [2.05, 4.69) is 34.6 Å². The molecule has 90 valence electrons. The molecule has 0 amide bonds. The Kier molecular flexibility index (Phi) is 2.54. The van der Waals surface area contributed by atoms with Gasteiger partial charge in [-0.1, -0.05) is 25.3 Å². The van der Waals surface area contributed by atoms with Crippen LogP contribution in [0.4, 0.5) is 5.82 Å². The van der Waals surface area contributed by atoms with Gasteiger partial charge in [0.2, 0.25) is 0 Å². The van der Waals surface area contributed by atoms with Gasteiger partial charge >= 0.3 is 0 Å². The summed E-state index contributed by atoms with van der Waals surface area (Å²) in [4.78, 5) is 4.62. The summed E-state index contributed by atoms with van der Waals surface area (Å²) in [6, 6.07) is 4.17. The first-order chi connectivity index (χ1) is 8.27. The largest absolute Gasteiger partial charge is 0.382 e. The lowest BCUT2D eigenvalue weighted by atomic mass is 9.89. The van der Waals surface area contributed by atoms with Gasteiger partial charge in [0.25, 0.3) is 0 Å². The van der Waals surface area contributed by atoms with Crippen molar-refractivity contribution in [3.8, 4) is 0 Å². The van der Waals surface area contributed by atoms with Gasteiger partial charge in [0.15, 0.2) is 0 Å². The summed E-state index contributed by atoms with van der Waals surface area (Å²) in [5, 5.41) is 0. The number of fused-ring (bicyclic) bond motifs is 1. The highest BCUT2D eigenvalue weighted by Crippen LogP contribution is 2.34. The second-order valence-electron chi connectivity index (χ2n) is 5.10. The van der Waals surface area contributed by atoms with Crippen molar-refractivity contribution >= 4 is 11.3 Å². The van der Waals surface area contributed by atoms with Crippen molar-refractivity contribution in [3.63, 3.8) is 0 Å². The Morgan fingerprint density at radius 3 is 2.82 bits per heavy atom. The highest BCUT2D eigenvalue weighted by Gasteiger charge is 2.21. The molecule has 3 nitrogen and oxygen atoms in total. The van der Waals surface area contributed by atoms with Crippen LogP contribution in [0.15, 0.2) is 18.3 Å². The van der Waals surface area contributed by atoms with Crippen LogP contribution in [0.1, 0.15) is 49.4 Å². The Balaban J connectivity index is 2.13. The lowest BCUT2D eigenvalue weighted by Gasteiger charge is -2.20. The molecule has 1 saturated carbocycles. The van der Waals surface area contributed by atoms with Crippen LogP contribution < -0.4 is 5.73 Å². The molecule has 1 fully saturated rings. The molecule has 0 radical (unpaired) electrons. The average molecular weight is 229 g/mol. The van der Waals surface area contributed by atoms with Gasteiger partial charge in [0.05, 0.1) is 5.52 Å². The van der Waals surface area contributed by atoms with Gasteiger partial charge in [-0.3, -0.25) is 0 Å². The topological polar surface area (TPSA) is 43.3 Å². The van der Waals surface area contributed by atoms with E-state index in [-0.39, 0.29) is 0 Å². The monoisotopic (exact) mass is 229 g/mol. The number of aryl methyl sites for hydroxylation is 1. The van der Waals surface area contributed by atoms with Gasteiger partial charge in [0.1, 0.15) is 11.6 Å². The number of nitrogens with two attached hydrogens (primary N) is 1. The molecule has 1 aliphatic rings. The summed E-state index contributed by atoms with van der Waals surface area (Å²) < 4.78 is 2.20. The number of nitrogen functional groups attached to an aromatic ring is 1. The van der Waals surface area contributed by atoms with E-state index < -0.39 is 0 Å². The van der Waals surface area contributed by atoms with Crippen LogP contribution in [-0.2, 0) is 0 Å². The van der Waals surface area contributed by atoms with E-state index in [4.69, 9.17) is 5.73 Å². The molecule has 0 saturated heterocycles. The van der Waals surface area contributed by atoms with E-state index in [1.807, 2.05) is 0 Å². The average Bonchev–Trinajstić information content (AvgIpc) is 2.69. The van der Waals surface area contributed by atoms with Crippen molar-refractivity contribution in [1.82, 2.24) is 9.38 Å². The number of rotatable bonds is 1. The van der Waals surface area contributed by atoms with Crippen molar-refractivity contribution in [2.45, 2.75) is 44.9 Å².